The summed E-state index contributed by atoms with van der Waals surface area (Å²) in [6.45, 7) is 1.41. The van der Waals surface area contributed by atoms with Gasteiger partial charge in [0.05, 0.1) is 12.2 Å². The topological polar surface area (TPSA) is 91.6 Å². The number of hydrogen-bond acceptors (Lipinski definition) is 6. The van der Waals surface area contributed by atoms with E-state index in [9.17, 15) is 36.9 Å². The van der Waals surface area contributed by atoms with E-state index >= 15 is 0 Å². The zero-order chi connectivity index (χ0) is 17.8. The fourth-order valence-electron chi connectivity index (χ4n) is 1.55. The van der Waals surface area contributed by atoms with Crippen LogP contribution < -0.4 is 4.74 Å². The molecule has 7 nitrogen and oxygen atoms in total. The van der Waals surface area contributed by atoms with Gasteiger partial charge in [-0.25, -0.2) is 8.78 Å². The SMILES string of the molecule is CCOC(=O)Cc1cc(C(F)F)c(OC(F)(F)F)c([N+](=O)[O-])n1. The van der Waals surface area contributed by atoms with E-state index in [0.29, 0.717) is 6.07 Å². The summed E-state index contributed by atoms with van der Waals surface area (Å²) in [6.07, 6.45) is -9.67. The van der Waals surface area contributed by atoms with Crippen molar-refractivity contribution in [2.75, 3.05) is 6.61 Å². The van der Waals surface area contributed by atoms with Gasteiger partial charge < -0.3 is 19.6 Å². The summed E-state index contributed by atoms with van der Waals surface area (Å²) in [5.41, 5.74) is -1.94. The average Bonchev–Trinajstić information content (AvgIpc) is 2.38. The second-order valence-electron chi connectivity index (χ2n) is 3.94. The van der Waals surface area contributed by atoms with E-state index in [0.717, 1.165) is 0 Å². The second kappa shape index (κ2) is 7.15. The smallest absolute Gasteiger partial charge is 0.466 e. The molecule has 0 saturated carbocycles. The zero-order valence-corrected chi connectivity index (χ0v) is 11.4. The predicted molar refractivity (Wildman–Crippen MR) is 62.9 cm³/mol. The Kier molecular flexibility index (Phi) is 5.76. The van der Waals surface area contributed by atoms with Gasteiger partial charge in [-0.2, -0.15) is 0 Å². The molecule has 23 heavy (non-hydrogen) atoms. The number of carbonyl (C=O) groups is 1. The Morgan fingerprint density at radius 1 is 1.43 bits per heavy atom. The number of aromatic nitrogens is 1. The van der Waals surface area contributed by atoms with Crippen LogP contribution in [0.2, 0.25) is 0 Å². The fourth-order valence-corrected chi connectivity index (χ4v) is 1.55. The highest BCUT2D eigenvalue weighted by Gasteiger charge is 2.39. The first-order chi connectivity index (χ1) is 10.5. The van der Waals surface area contributed by atoms with Crippen molar-refractivity contribution in [3.63, 3.8) is 0 Å². The molecule has 0 spiro atoms. The molecule has 1 aromatic rings. The summed E-state index contributed by atoms with van der Waals surface area (Å²) in [4.78, 5) is 23.8. The molecule has 1 rings (SSSR count). The van der Waals surface area contributed by atoms with Crippen molar-refractivity contribution in [2.45, 2.75) is 26.1 Å². The number of carbonyl (C=O) groups excluding carboxylic acids is 1. The summed E-state index contributed by atoms with van der Waals surface area (Å²) in [6, 6.07) is 0.426. The lowest BCUT2D eigenvalue weighted by atomic mass is 10.1. The van der Waals surface area contributed by atoms with Gasteiger partial charge in [-0.05, 0) is 22.9 Å². The van der Waals surface area contributed by atoms with Crippen LogP contribution in [-0.2, 0) is 16.0 Å². The number of ether oxygens (including phenoxy) is 2. The second-order valence-corrected chi connectivity index (χ2v) is 3.94. The average molecular weight is 344 g/mol. The van der Waals surface area contributed by atoms with Crippen molar-refractivity contribution in [3.05, 3.63) is 27.4 Å². The number of alkyl halides is 5. The highest BCUT2D eigenvalue weighted by molar-refractivity contribution is 5.72. The Morgan fingerprint density at radius 3 is 2.48 bits per heavy atom. The van der Waals surface area contributed by atoms with Crippen molar-refractivity contribution < 1.29 is 41.1 Å². The van der Waals surface area contributed by atoms with Crippen molar-refractivity contribution in [1.82, 2.24) is 4.98 Å². The Balaban J connectivity index is 3.39. The normalized spacial score (nSPS) is 11.4. The van der Waals surface area contributed by atoms with Crippen LogP contribution in [0.15, 0.2) is 6.07 Å². The summed E-state index contributed by atoms with van der Waals surface area (Å²) in [7, 11) is 0. The maximum atomic E-state index is 12.9. The molecule has 0 aromatic carbocycles. The van der Waals surface area contributed by atoms with Gasteiger partial charge in [-0.1, -0.05) is 0 Å². The van der Waals surface area contributed by atoms with Crippen LogP contribution in [-0.4, -0.2) is 28.8 Å². The number of nitro groups is 1. The molecule has 0 radical (unpaired) electrons. The fraction of sp³-hybridized carbons (Fsp3) is 0.455. The van der Waals surface area contributed by atoms with Crippen molar-refractivity contribution in [1.29, 1.82) is 0 Å². The van der Waals surface area contributed by atoms with Gasteiger partial charge in [-0.15, -0.1) is 13.2 Å². The molecular weight excluding hydrogens is 335 g/mol. The Morgan fingerprint density at radius 2 is 2.04 bits per heavy atom. The summed E-state index contributed by atoms with van der Waals surface area (Å²) >= 11 is 0. The molecule has 0 fully saturated rings. The van der Waals surface area contributed by atoms with E-state index < -0.39 is 52.9 Å². The molecule has 0 saturated heterocycles. The van der Waals surface area contributed by atoms with E-state index in [1.165, 1.54) is 6.92 Å². The lowest BCUT2D eigenvalue weighted by molar-refractivity contribution is -0.393. The first-order valence-corrected chi connectivity index (χ1v) is 5.92. The van der Waals surface area contributed by atoms with E-state index in [-0.39, 0.29) is 6.61 Å². The molecule has 1 aromatic heterocycles. The van der Waals surface area contributed by atoms with E-state index in [4.69, 9.17) is 0 Å². The van der Waals surface area contributed by atoms with Gasteiger partial charge >= 0.3 is 18.1 Å². The molecule has 0 N–H and O–H groups in total. The molecule has 1 heterocycles. The monoisotopic (exact) mass is 344 g/mol. The number of esters is 1. The number of rotatable bonds is 6. The quantitative estimate of drug-likeness (QED) is 0.341. The van der Waals surface area contributed by atoms with Crippen LogP contribution in [0, 0.1) is 10.1 Å². The van der Waals surface area contributed by atoms with E-state index in [2.05, 4.69) is 14.5 Å². The molecule has 0 amide bonds. The zero-order valence-electron chi connectivity index (χ0n) is 11.4. The molecule has 0 aliphatic heterocycles. The Labute approximate surface area is 125 Å². The van der Waals surface area contributed by atoms with Crippen LogP contribution in [0.25, 0.3) is 0 Å². The summed E-state index contributed by atoms with van der Waals surface area (Å²) < 4.78 is 70.3. The predicted octanol–water partition coefficient (Wildman–Crippen LogP) is 2.93. The maximum absolute atomic E-state index is 12.9. The number of nitrogens with zero attached hydrogens (tertiary/aromatic N) is 2. The first kappa shape index (κ1) is 18.5. The van der Waals surface area contributed by atoms with Crippen LogP contribution in [0.4, 0.5) is 27.8 Å². The third-order valence-corrected chi connectivity index (χ3v) is 2.29. The van der Waals surface area contributed by atoms with Gasteiger partial charge in [0.2, 0.25) is 5.75 Å². The molecule has 0 aliphatic carbocycles. The minimum absolute atomic E-state index is 0.0438. The molecule has 0 bridgehead atoms. The number of pyridine rings is 1. The Hall–Kier alpha value is -2.53. The standard InChI is InChI=1S/C11H9F5N2O5/c1-2-22-7(19)4-5-3-6(9(12)13)8(23-11(14,15)16)10(17-5)18(20)21/h3,9H,2,4H2,1H3. The summed E-state index contributed by atoms with van der Waals surface area (Å²) in [5, 5.41) is 10.8. The van der Waals surface area contributed by atoms with Gasteiger partial charge in [0.15, 0.2) is 5.69 Å². The minimum Gasteiger partial charge on any atom is -0.466 e. The third kappa shape index (κ3) is 5.30. The van der Waals surface area contributed by atoms with Gasteiger partial charge in [0.25, 0.3) is 6.43 Å². The van der Waals surface area contributed by atoms with Crippen molar-refractivity contribution in [2.24, 2.45) is 0 Å². The molecule has 0 aliphatic rings. The largest absolute Gasteiger partial charge is 0.573 e. The van der Waals surface area contributed by atoms with Gasteiger partial charge in [0.1, 0.15) is 6.42 Å². The van der Waals surface area contributed by atoms with Crippen LogP contribution in [0.3, 0.4) is 0 Å². The number of hydrogen-bond donors (Lipinski definition) is 0. The van der Waals surface area contributed by atoms with E-state index in [1.54, 1.807) is 0 Å². The van der Waals surface area contributed by atoms with Crippen LogP contribution in [0.1, 0.15) is 24.6 Å². The van der Waals surface area contributed by atoms with Crippen LogP contribution in [0.5, 0.6) is 5.75 Å². The lowest BCUT2D eigenvalue weighted by Gasteiger charge is -2.13. The highest BCUT2D eigenvalue weighted by Crippen LogP contribution is 2.39. The van der Waals surface area contributed by atoms with Crippen molar-refractivity contribution in [3.8, 4) is 5.75 Å². The first-order valence-electron chi connectivity index (χ1n) is 5.92. The summed E-state index contributed by atoms with van der Waals surface area (Å²) in [5.74, 6) is -4.22. The van der Waals surface area contributed by atoms with Gasteiger partial charge in [-0.3, -0.25) is 4.79 Å². The van der Waals surface area contributed by atoms with Gasteiger partial charge in [0, 0.05) is 0 Å². The van der Waals surface area contributed by atoms with Crippen LogP contribution >= 0.6 is 0 Å². The highest BCUT2D eigenvalue weighted by atomic mass is 19.4. The molecule has 128 valence electrons. The van der Waals surface area contributed by atoms with E-state index in [1.807, 2.05) is 0 Å². The molecule has 12 heteroatoms. The molecule has 0 atom stereocenters. The minimum atomic E-state index is -5.43. The maximum Gasteiger partial charge on any atom is 0.573 e. The van der Waals surface area contributed by atoms with Crippen molar-refractivity contribution >= 4 is 11.8 Å². The molecule has 0 unspecified atom stereocenters. The molecular formula is C11H9F5N2O5. The Bertz CT molecular complexity index is 605. The third-order valence-electron chi connectivity index (χ3n) is 2.29. The number of halogens is 5. The lowest BCUT2D eigenvalue weighted by Crippen LogP contribution is -2.20.